The molecule has 3 rings (SSSR count). The largest absolute Gasteiger partial charge is 0.306 e. The SMILES string of the molecule is CN1CCC(C[C@H]2Cc3ccccc3C2=O)CC1. The van der Waals surface area contributed by atoms with Crippen molar-refractivity contribution >= 4 is 5.78 Å². The van der Waals surface area contributed by atoms with E-state index in [0.717, 1.165) is 24.3 Å². The van der Waals surface area contributed by atoms with Crippen LogP contribution < -0.4 is 0 Å². The number of ketones is 1. The van der Waals surface area contributed by atoms with Gasteiger partial charge in [0, 0.05) is 11.5 Å². The summed E-state index contributed by atoms with van der Waals surface area (Å²) in [7, 11) is 2.19. The normalized spacial score (nSPS) is 25.4. The van der Waals surface area contributed by atoms with Crippen molar-refractivity contribution in [1.29, 1.82) is 0 Å². The van der Waals surface area contributed by atoms with Crippen LogP contribution in [0.1, 0.15) is 35.2 Å². The third-order valence-electron chi connectivity index (χ3n) is 4.58. The molecule has 1 aliphatic carbocycles. The zero-order valence-electron chi connectivity index (χ0n) is 11.1. The number of likely N-dealkylation sites (tertiary alicyclic amines) is 1. The summed E-state index contributed by atoms with van der Waals surface area (Å²) in [6.45, 7) is 2.39. The Morgan fingerprint density at radius 3 is 2.67 bits per heavy atom. The molecule has 2 nitrogen and oxygen atoms in total. The minimum absolute atomic E-state index is 0.260. The molecule has 1 aromatic carbocycles. The zero-order valence-corrected chi connectivity index (χ0v) is 11.1. The van der Waals surface area contributed by atoms with Crippen molar-refractivity contribution in [2.45, 2.75) is 25.7 Å². The number of hydrogen-bond acceptors (Lipinski definition) is 2. The zero-order chi connectivity index (χ0) is 12.5. The minimum atomic E-state index is 0.260. The van der Waals surface area contributed by atoms with Crippen molar-refractivity contribution in [3.63, 3.8) is 0 Å². The number of carbonyl (C=O) groups excluding carboxylic acids is 1. The molecule has 0 unspecified atom stereocenters. The predicted octanol–water partition coefficient (Wildman–Crippen LogP) is 2.77. The van der Waals surface area contributed by atoms with Gasteiger partial charge in [0.25, 0.3) is 0 Å². The summed E-state index contributed by atoms with van der Waals surface area (Å²) in [6.07, 6.45) is 4.59. The fourth-order valence-electron chi connectivity index (χ4n) is 3.41. The summed E-state index contributed by atoms with van der Waals surface area (Å²) in [5.41, 5.74) is 2.25. The first-order valence-electron chi connectivity index (χ1n) is 7.04. The molecule has 1 saturated heterocycles. The average Bonchev–Trinajstić information content (AvgIpc) is 2.70. The van der Waals surface area contributed by atoms with Crippen LogP contribution in [0.4, 0.5) is 0 Å². The molecule has 1 atom stereocenters. The third kappa shape index (κ3) is 2.22. The number of piperidine rings is 1. The summed E-state index contributed by atoms with van der Waals surface area (Å²) in [5.74, 6) is 1.41. The highest BCUT2D eigenvalue weighted by Gasteiger charge is 2.32. The third-order valence-corrected chi connectivity index (χ3v) is 4.58. The van der Waals surface area contributed by atoms with Crippen LogP contribution in [0.3, 0.4) is 0 Å². The van der Waals surface area contributed by atoms with Crippen molar-refractivity contribution < 1.29 is 4.79 Å². The lowest BCUT2D eigenvalue weighted by molar-refractivity contribution is 0.0903. The Balaban J connectivity index is 1.64. The predicted molar refractivity (Wildman–Crippen MR) is 72.8 cm³/mol. The molecule has 1 aliphatic heterocycles. The van der Waals surface area contributed by atoms with Crippen molar-refractivity contribution in [3.8, 4) is 0 Å². The Labute approximate surface area is 109 Å². The fourth-order valence-corrected chi connectivity index (χ4v) is 3.41. The molecule has 1 aromatic rings. The number of rotatable bonds is 2. The molecule has 18 heavy (non-hydrogen) atoms. The van der Waals surface area contributed by atoms with E-state index >= 15 is 0 Å². The molecule has 0 N–H and O–H groups in total. The van der Waals surface area contributed by atoms with Gasteiger partial charge in [0.05, 0.1) is 0 Å². The van der Waals surface area contributed by atoms with Gasteiger partial charge < -0.3 is 4.90 Å². The van der Waals surface area contributed by atoms with E-state index in [9.17, 15) is 4.79 Å². The van der Waals surface area contributed by atoms with Crippen LogP contribution in [0.5, 0.6) is 0 Å². The van der Waals surface area contributed by atoms with E-state index in [1.807, 2.05) is 18.2 Å². The van der Waals surface area contributed by atoms with E-state index in [0.29, 0.717) is 5.78 Å². The number of hydrogen-bond donors (Lipinski definition) is 0. The monoisotopic (exact) mass is 243 g/mol. The van der Waals surface area contributed by atoms with E-state index in [4.69, 9.17) is 0 Å². The highest BCUT2D eigenvalue weighted by atomic mass is 16.1. The molecule has 2 aliphatic rings. The second-order valence-electron chi connectivity index (χ2n) is 5.90. The van der Waals surface area contributed by atoms with Crippen molar-refractivity contribution in [2.24, 2.45) is 11.8 Å². The van der Waals surface area contributed by atoms with Gasteiger partial charge in [-0.15, -0.1) is 0 Å². The lowest BCUT2D eigenvalue weighted by atomic mass is 9.85. The number of carbonyl (C=O) groups is 1. The Bertz CT molecular complexity index is 446. The Morgan fingerprint density at radius 1 is 1.22 bits per heavy atom. The quantitative estimate of drug-likeness (QED) is 0.796. The first-order valence-corrected chi connectivity index (χ1v) is 7.04. The molecule has 1 heterocycles. The minimum Gasteiger partial charge on any atom is -0.306 e. The average molecular weight is 243 g/mol. The van der Waals surface area contributed by atoms with Crippen LogP contribution in [0.15, 0.2) is 24.3 Å². The maximum atomic E-state index is 12.3. The molecule has 0 bridgehead atoms. The molecular weight excluding hydrogens is 222 g/mol. The van der Waals surface area contributed by atoms with Gasteiger partial charge in [-0.3, -0.25) is 4.79 Å². The highest BCUT2D eigenvalue weighted by Crippen LogP contribution is 2.33. The summed E-state index contributed by atoms with van der Waals surface area (Å²) in [5, 5.41) is 0. The molecule has 0 amide bonds. The molecular formula is C16H21NO. The van der Waals surface area contributed by atoms with Gasteiger partial charge in [0.15, 0.2) is 5.78 Å². The Morgan fingerprint density at radius 2 is 1.94 bits per heavy atom. The van der Waals surface area contributed by atoms with Gasteiger partial charge in [-0.2, -0.15) is 0 Å². The van der Waals surface area contributed by atoms with Gasteiger partial charge in [0.2, 0.25) is 0 Å². The van der Waals surface area contributed by atoms with E-state index < -0.39 is 0 Å². The first kappa shape index (κ1) is 11.9. The van der Waals surface area contributed by atoms with Gasteiger partial charge in [-0.1, -0.05) is 24.3 Å². The van der Waals surface area contributed by atoms with Gasteiger partial charge in [-0.05, 0) is 57.3 Å². The lowest BCUT2D eigenvalue weighted by Crippen LogP contribution is -2.31. The van der Waals surface area contributed by atoms with Crippen molar-refractivity contribution in [3.05, 3.63) is 35.4 Å². The summed E-state index contributed by atoms with van der Waals surface area (Å²) < 4.78 is 0. The fraction of sp³-hybridized carbons (Fsp3) is 0.562. The van der Waals surface area contributed by atoms with Crippen molar-refractivity contribution in [2.75, 3.05) is 20.1 Å². The van der Waals surface area contributed by atoms with Gasteiger partial charge in [0.1, 0.15) is 0 Å². The number of fused-ring (bicyclic) bond motifs is 1. The van der Waals surface area contributed by atoms with Crippen LogP contribution in [0.2, 0.25) is 0 Å². The highest BCUT2D eigenvalue weighted by molar-refractivity contribution is 6.02. The maximum absolute atomic E-state index is 12.3. The van der Waals surface area contributed by atoms with Crippen LogP contribution >= 0.6 is 0 Å². The number of nitrogens with zero attached hydrogens (tertiary/aromatic N) is 1. The van der Waals surface area contributed by atoms with Crippen LogP contribution in [0, 0.1) is 11.8 Å². The standard InChI is InChI=1S/C16H21NO/c1-17-8-6-12(7-9-17)10-14-11-13-4-2-3-5-15(13)16(14)18/h2-5,12,14H,6-11H2,1H3/t14-/m0/s1. The summed E-state index contributed by atoms with van der Waals surface area (Å²) >= 11 is 0. The molecule has 1 fully saturated rings. The van der Waals surface area contributed by atoms with E-state index in [-0.39, 0.29) is 5.92 Å². The molecule has 2 heteroatoms. The summed E-state index contributed by atoms with van der Waals surface area (Å²) in [4.78, 5) is 14.7. The Kier molecular flexibility index (Phi) is 3.21. The molecule has 0 radical (unpaired) electrons. The number of Topliss-reactive ketones (excluding diaryl/α,β-unsaturated/α-hetero) is 1. The second-order valence-corrected chi connectivity index (χ2v) is 5.90. The number of benzene rings is 1. The van der Waals surface area contributed by atoms with E-state index in [2.05, 4.69) is 18.0 Å². The maximum Gasteiger partial charge on any atom is 0.166 e. The smallest absolute Gasteiger partial charge is 0.166 e. The summed E-state index contributed by atoms with van der Waals surface area (Å²) in [6, 6.07) is 8.13. The van der Waals surface area contributed by atoms with Crippen LogP contribution in [-0.2, 0) is 6.42 Å². The Hall–Kier alpha value is -1.15. The molecule has 0 saturated carbocycles. The second kappa shape index (κ2) is 4.85. The molecule has 0 aromatic heterocycles. The van der Waals surface area contributed by atoms with E-state index in [1.54, 1.807) is 0 Å². The molecule has 0 spiro atoms. The topological polar surface area (TPSA) is 20.3 Å². The van der Waals surface area contributed by atoms with Crippen molar-refractivity contribution in [1.82, 2.24) is 4.90 Å². The lowest BCUT2D eigenvalue weighted by Gasteiger charge is -2.30. The van der Waals surface area contributed by atoms with Crippen LogP contribution in [0.25, 0.3) is 0 Å². The van der Waals surface area contributed by atoms with E-state index in [1.165, 1.54) is 31.5 Å². The van der Waals surface area contributed by atoms with Crippen LogP contribution in [-0.4, -0.2) is 30.8 Å². The van der Waals surface area contributed by atoms with Gasteiger partial charge >= 0.3 is 0 Å². The van der Waals surface area contributed by atoms with Gasteiger partial charge in [-0.25, -0.2) is 0 Å². The first-order chi connectivity index (χ1) is 8.74. The molecule has 96 valence electrons.